The first-order valence-electron chi connectivity index (χ1n) is 6.55. The third kappa shape index (κ3) is 4.53. The van der Waals surface area contributed by atoms with Gasteiger partial charge in [-0.2, -0.15) is 0 Å². The molecule has 2 aromatic rings. The zero-order valence-electron chi connectivity index (χ0n) is 11.8. The van der Waals surface area contributed by atoms with Crippen LogP contribution in [-0.2, 0) is 11.3 Å². The van der Waals surface area contributed by atoms with E-state index in [0.717, 1.165) is 5.56 Å². The van der Waals surface area contributed by atoms with Gasteiger partial charge in [-0.1, -0.05) is 12.1 Å². The van der Waals surface area contributed by atoms with E-state index in [-0.39, 0.29) is 24.9 Å². The maximum absolute atomic E-state index is 13.1. The zero-order chi connectivity index (χ0) is 16.1. The van der Waals surface area contributed by atoms with Gasteiger partial charge in [0.05, 0.1) is 4.47 Å². The number of ether oxygens (including phenoxy) is 1. The Hall–Kier alpha value is -1.95. The maximum Gasteiger partial charge on any atom is 0.258 e. The summed E-state index contributed by atoms with van der Waals surface area (Å²) in [6.07, 6.45) is 0. The predicted molar refractivity (Wildman–Crippen MR) is 82.6 cm³/mol. The van der Waals surface area contributed by atoms with E-state index in [1.807, 2.05) is 0 Å². The smallest absolute Gasteiger partial charge is 0.258 e. The molecule has 0 radical (unpaired) electrons. The number of hydrogen-bond acceptors (Lipinski definition) is 2. The van der Waals surface area contributed by atoms with Gasteiger partial charge in [0.1, 0.15) is 17.4 Å². The Kier molecular flexibility index (Phi) is 5.49. The second-order valence-electron chi connectivity index (χ2n) is 4.72. The third-order valence-corrected chi connectivity index (χ3v) is 3.58. The van der Waals surface area contributed by atoms with Crippen molar-refractivity contribution in [2.45, 2.75) is 13.5 Å². The molecule has 116 valence electrons. The van der Waals surface area contributed by atoms with Gasteiger partial charge in [-0.05, 0) is 58.2 Å². The average Bonchev–Trinajstić information content (AvgIpc) is 2.47. The Labute approximate surface area is 135 Å². The van der Waals surface area contributed by atoms with E-state index in [2.05, 4.69) is 21.2 Å². The standard InChI is InChI=1S/C16H14BrF2NO2/c1-10-6-11(2-4-14(10)19)8-20-16(21)9-22-15-5-3-12(18)7-13(15)17/h2-7H,8-9H2,1H3,(H,20,21). The van der Waals surface area contributed by atoms with Crippen LogP contribution < -0.4 is 10.1 Å². The molecule has 2 aromatic carbocycles. The quantitative estimate of drug-likeness (QED) is 0.871. The molecule has 0 spiro atoms. The van der Waals surface area contributed by atoms with E-state index < -0.39 is 5.82 Å². The first kappa shape index (κ1) is 16.4. The highest BCUT2D eigenvalue weighted by Gasteiger charge is 2.07. The largest absolute Gasteiger partial charge is 0.483 e. The summed E-state index contributed by atoms with van der Waals surface area (Å²) < 4.78 is 31.8. The molecule has 0 aliphatic rings. The average molecular weight is 370 g/mol. The fourth-order valence-electron chi connectivity index (χ4n) is 1.80. The van der Waals surface area contributed by atoms with E-state index in [1.165, 1.54) is 24.3 Å². The molecule has 0 aromatic heterocycles. The van der Waals surface area contributed by atoms with Gasteiger partial charge >= 0.3 is 0 Å². The molecular formula is C16H14BrF2NO2. The molecule has 1 amide bonds. The van der Waals surface area contributed by atoms with Crippen molar-refractivity contribution in [3.63, 3.8) is 0 Å². The lowest BCUT2D eigenvalue weighted by Crippen LogP contribution is -2.28. The molecule has 6 heteroatoms. The fraction of sp³-hybridized carbons (Fsp3) is 0.188. The number of aryl methyl sites for hydroxylation is 1. The van der Waals surface area contributed by atoms with Crippen LogP contribution in [0.1, 0.15) is 11.1 Å². The van der Waals surface area contributed by atoms with Gasteiger partial charge in [0.25, 0.3) is 5.91 Å². The summed E-state index contributed by atoms with van der Waals surface area (Å²) in [4.78, 5) is 11.7. The van der Waals surface area contributed by atoms with Crippen molar-refractivity contribution in [1.82, 2.24) is 5.32 Å². The van der Waals surface area contributed by atoms with Crippen molar-refractivity contribution < 1.29 is 18.3 Å². The van der Waals surface area contributed by atoms with Crippen LogP contribution >= 0.6 is 15.9 Å². The van der Waals surface area contributed by atoms with E-state index >= 15 is 0 Å². The molecule has 0 aliphatic carbocycles. The second kappa shape index (κ2) is 7.35. The van der Waals surface area contributed by atoms with Gasteiger partial charge in [-0.15, -0.1) is 0 Å². The molecule has 0 saturated heterocycles. The molecule has 0 atom stereocenters. The number of halogens is 3. The van der Waals surface area contributed by atoms with Gasteiger partial charge in [0.2, 0.25) is 0 Å². The van der Waals surface area contributed by atoms with Crippen LogP contribution in [0.4, 0.5) is 8.78 Å². The lowest BCUT2D eigenvalue weighted by molar-refractivity contribution is -0.123. The van der Waals surface area contributed by atoms with Crippen molar-refractivity contribution in [1.29, 1.82) is 0 Å². The van der Waals surface area contributed by atoms with Crippen LogP contribution in [0.5, 0.6) is 5.75 Å². The summed E-state index contributed by atoms with van der Waals surface area (Å²) in [5.41, 5.74) is 1.33. The minimum Gasteiger partial charge on any atom is -0.483 e. The molecule has 0 heterocycles. The Bertz CT molecular complexity index is 692. The summed E-state index contributed by atoms with van der Waals surface area (Å²) in [7, 11) is 0. The molecule has 0 aliphatic heterocycles. The van der Waals surface area contributed by atoms with Crippen LogP contribution in [0.15, 0.2) is 40.9 Å². The number of hydrogen-bond donors (Lipinski definition) is 1. The topological polar surface area (TPSA) is 38.3 Å². The van der Waals surface area contributed by atoms with Crippen molar-refractivity contribution in [3.05, 3.63) is 63.6 Å². The summed E-state index contributed by atoms with van der Waals surface area (Å²) in [5, 5.41) is 2.67. The van der Waals surface area contributed by atoms with Gasteiger partial charge in [0, 0.05) is 6.54 Å². The van der Waals surface area contributed by atoms with E-state index in [1.54, 1.807) is 19.1 Å². The molecule has 22 heavy (non-hydrogen) atoms. The number of carbonyl (C=O) groups is 1. The minimum atomic E-state index is -0.393. The second-order valence-corrected chi connectivity index (χ2v) is 5.58. The van der Waals surface area contributed by atoms with Crippen LogP contribution in [0, 0.1) is 18.6 Å². The fourth-order valence-corrected chi connectivity index (χ4v) is 2.27. The first-order chi connectivity index (χ1) is 10.5. The molecule has 3 nitrogen and oxygen atoms in total. The molecule has 0 bridgehead atoms. The van der Waals surface area contributed by atoms with E-state index in [0.29, 0.717) is 15.8 Å². The monoisotopic (exact) mass is 369 g/mol. The molecule has 2 rings (SSSR count). The molecule has 0 saturated carbocycles. The van der Waals surface area contributed by atoms with Crippen LogP contribution in [0.2, 0.25) is 0 Å². The van der Waals surface area contributed by atoms with Crippen LogP contribution in [0.3, 0.4) is 0 Å². The number of amides is 1. The lowest BCUT2D eigenvalue weighted by Gasteiger charge is -2.09. The van der Waals surface area contributed by atoms with Crippen molar-refractivity contribution >= 4 is 21.8 Å². The lowest BCUT2D eigenvalue weighted by atomic mass is 10.1. The summed E-state index contributed by atoms with van der Waals surface area (Å²) in [6.45, 7) is 1.76. The predicted octanol–water partition coefficient (Wildman–Crippen LogP) is 3.73. The molecule has 1 N–H and O–H groups in total. The highest BCUT2D eigenvalue weighted by Crippen LogP contribution is 2.25. The van der Waals surface area contributed by atoms with Crippen LogP contribution in [-0.4, -0.2) is 12.5 Å². The van der Waals surface area contributed by atoms with Gasteiger partial charge in [-0.25, -0.2) is 8.78 Å². The number of benzene rings is 2. The zero-order valence-corrected chi connectivity index (χ0v) is 13.4. The summed E-state index contributed by atoms with van der Waals surface area (Å²) in [6, 6.07) is 8.60. The van der Waals surface area contributed by atoms with Crippen LogP contribution in [0.25, 0.3) is 0 Å². The number of carbonyl (C=O) groups excluding carboxylic acids is 1. The SMILES string of the molecule is Cc1cc(CNC(=O)COc2ccc(F)cc2Br)ccc1F. The summed E-state index contributed by atoms with van der Waals surface area (Å²) >= 11 is 3.16. The van der Waals surface area contributed by atoms with Crippen molar-refractivity contribution in [3.8, 4) is 5.75 Å². The number of nitrogens with one attached hydrogen (secondary N) is 1. The van der Waals surface area contributed by atoms with Gasteiger partial charge in [-0.3, -0.25) is 4.79 Å². The molecular weight excluding hydrogens is 356 g/mol. The van der Waals surface area contributed by atoms with E-state index in [4.69, 9.17) is 4.74 Å². The van der Waals surface area contributed by atoms with Gasteiger partial charge in [0.15, 0.2) is 6.61 Å². The Morgan fingerprint density at radius 2 is 2.00 bits per heavy atom. The molecule has 0 unspecified atom stereocenters. The Morgan fingerprint density at radius 1 is 1.23 bits per heavy atom. The maximum atomic E-state index is 13.1. The Morgan fingerprint density at radius 3 is 2.68 bits per heavy atom. The number of rotatable bonds is 5. The third-order valence-electron chi connectivity index (χ3n) is 2.96. The Balaban J connectivity index is 1.84. The normalized spacial score (nSPS) is 10.4. The highest BCUT2D eigenvalue weighted by molar-refractivity contribution is 9.10. The summed E-state index contributed by atoms with van der Waals surface area (Å²) in [5.74, 6) is -0.609. The van der Waals surface area contributed by atoms with Crippen molar-refractivity contribution in [2.75, 3.05) is 6.61 Å². The van der Waals surface area contributed by atoms with E-state index in [9.17, 15) is 13.6 Å². The molecule has 0 fully saturated rings. The first-order valence-corrected chi connectivity index (χ1v) is 7.34. The van der Waals surface area contributed by atoms with Crippen molar-refractivity contribution in [2.24, 2.45) is 0 Å². The van der Waals surface area contributed by atoms with Gasteiger partial charge < -0.3 is 10.1 Å². The minimum absolute atomic E-state index is 0.190. The highest BCUT2D eigenvalue weighted by atomic mass is 79.9.